The Morgan fingerprint density at radius 1 is 0.939 bits per heavy atom. The number of hydrazine groups is 1. The van der Waals surface area contributed by atoms with Gasteiger partial charge >= 0.3 is 0 Å². The Labute approximate surface area is 220 Å². The van der Waals surface area contributed by atoms with Crippen molar-refractivity contribution in [2.75, 3.05) is 13.2 Å². The number of carbonyl (C=O) groups is 2. The Balaban J connectivity index is 1.42. The molecule has 0 fully saturated rings. The second kappa shape index (κ2) is 11.8. The largest absolute Gasteiger partial charge is 0.483 e. The summed E-state index contributed by atoms with van der Waals surface area (Å²) < 4.78 is 13.5. The van der Waals surface area contributed by atoms with E-state index in [4.69, 9.17) is 21.7 Å². The third-order valence-corrected chi connectivity index (χ3v) is 6.37. The van der Waals surface area contributed by atoms with E-state index in [2.05, 4.69) is 64.0 Å². The van der Waals surface area contributed by atoms with Crippen LogP contribution in [0.5, 0.6) is 11.5 Å². The number of carbonyl (C=O) groups excluding carboxylic acids is 2. The molecule has 3 rings (SSSR count). The Morgan fingerprint density at radius 3 is 2.42 bits per heavy atom. The summed E-state index contributed by atoms with van der Waals surface area (Å²) in [4.78, 5) is 24.2. The predicted octanol–water partition coefficient (Wildman–Crippen LogP) is 4.92. The normalized spacial score (nSPS) is 10.4. The molecule has 172 valence electrons. The maximum absolute atomic E-state index is 12.1. The van der Waals surface area contributed by atoms with Crippen LogP contribution in [-0.2, 0) is 9.59 Å². The van der Waals surface area contributed by atoms with E-state index in [-0.39, 0.29) is 18.3 Å². The molecule has 0 aliphatic rings. The zero-order valence-electron chi connectivity index (χ0n) is 17.2. The summed E-state index contributed by atoms with van der Waals surface area (Å²) in [7, 11) is 0. The van der Waals surface area contributed by atoms with E-state index in [9.17, 15) is 9.59 Å². The van der Waals surface area contributed by atoms with E-state index < -0.39 is 11.8 Å². The molecule has 2 amide bonds. The summed E-state index contributed by atoms with van der Waals surface area (Å²) in [5.74, 6) is 0.133. The van der Waals surface area contributed by atoms with Gasteiger partial charge in [-0.05, 0) is 85.5 Å². The zero-order valence-corrected chi connectivity index (χ0v) is 22.8. The summed E-state index contributed by atoms with van der Waals surface area (Å²) in [6.07, 6.45) is 0. The molecule has 3 aromatic carbocycles. The molecular weight excluding hydrogens is 642 g/mol. The van der Waals surface area contributed by atoms with Gasteiger partial charge in [-0.15, -0.1) is 0 Å². The molecule has 0 atom stereocenters. The van der Waals surface area contributed by atoms with E-state index in [0.717, 1.165) is 29.8 Å². The molecule has 11 heteroatoms. The minimum atomic E-state index is -0.479. The lowest BCUT2D eigenvalue weighted by Crippen LogP contribution is -2.50. The van der Waals surface area contributed by atoms with Crippen molar-refractivity contribution in [3.63, 3.8) is 0 Å². The van der Waals surface area contributed by atoms with Crippen molar-refractivity contribution in [1.29, 1.82) is 0 Å². The van der Waals surface area contributed by atoms with Gasteiger partial charge in [-0.2, -0.15) is 0 Å². The number of hydrogen-bond acceptors (Lipinski definition) is 5. The zero-order chi connectivity index (χ0) is 24.0. The first-order valence-electron chi connectivity index (χ1n) is 9.51. The Kier molecular flexibility index (Phi) is 9.07. The van der Waals surface area contributed by atoms with Crippen LogP contribution in [0.15, 0.2) is 61.9 Å². The number of benzene rings is 3. The fraction of sp³-hybridized carbons (Fsp3) is 0.136. The third-order valence-electron chi connectivity index (χ3n) is 4.30. The summed E-state index contributed by atoms with van der Waals surface area (Å²) in [5, 5.41) is 4.38. The number of rotatable bonds is 6. The van der Waals surface area contributed by atoms with Crippen LogP contribution in [0.4, 0.5) is 0 Å². The summed E-state index contributed by atoms with van der Waals surface area (Å²) >= 11 is 15.3. The number of halogens is 3. The topological polar surface area (TPSA) is 88.7 Å². The minimum Gasteiger partial charge on any atom is -0.483 e. The van der Waals surface area contributed by atoms with Crippen molar-refractivity contribution in [3.05, 3.63) is 67.5 Å². The number of fused-ring (bicyclic) bond motifs is 1. The number of amides is 2. The lowest BCUT2D eigenvalue weighted by atomic mass is 10.1. The highest BCUT2D eigenvalue weighted by molar-refractivity contribution is 9.11. The Bertz CT molecular complexity index is 1200. The summed E-state index contributed by atoms with van der Waals surface area (Å²) in [6.45, 7) is 1.36. The summed E-state index contributed by atoms with van der Waals surface area (Å²) in [5.41, 5.74) is 5.69. The molecule has 7 nitrogen and oxygen atoms in total. The lowest BCUT2D eigenvalue weighted by molar-refractivity contribution is -0.124. The Morgan fingerprint density at radius 2 is 1.67 bits per heavy atom. The van der Waals surface area contributed by atoms with Gasteiger partial charge in [0.05, 0.1) is 8.95 Å². The van der Waals surface area contributed by atoms with Crippen LogP contribution in [0.3, 0.4) is 0 Å². The quantitative estimate of drug-likeness (QED) is 0.258. The number of ether oxygens (including phenoxy) is 2. The summed E-state index contributed by atoms with van der Waals surface area (Å²) in [6, 6.07) is 15.2. The van der Waals surface area contributed by atoms with Crippen molar-refractivity contribution < 1.29 is 19.1 Å². The maximum Gasteiger partial charge on any atom is 0.276 e. The smallest absolute Gasteiger partial charge is 0.276 e. The molecule has 0 aromatic heterocycles. The number of hydrogen-bond donors (Lipinski definition) is 3. The molecule has 3 aromatic rings. The van der Waals surface area contributed by atoms with Crippen LogP contribution >= 0.6 is 60.0 Å². The lowest BCUT2D eigenvalue weighted by Gasteiger charge is -2.14. The fourth-order valence-corrected chi connectivity index (χ4v) is 5.16. The van der Waals surface area contributed by atoms with Crippen LogP contribution in [0, 0.1) is 6.92 Å². The van der Waals surface area contributed by atoms with Gasteiger partial charge in [0, 0.05) is 4.47 Å². The van der Waals surface area contributed by atoms with E-state index in [1.165, 1.54) is 0 Å². The molecule has 0 saturated heterocycles. The number of thiocarbonyl (C=S) groups is 1. The van der Waals surface area contributed by atoms with Crippen molar-refractivity contribution in [1.82, 2.24) is 16.2 Å². The highest BCUT2D eigenvalue weighted by Gasteiger charge is 2.12. The average molecular weight is 660 g/mol. The van der Waals surface area contributed by atoms with Crippen LogP contribution in [0.1, 0.15) is 5.56 Å². The van der Waals surface area contributed by atoms with Crippen molar-refractivity contribution in [3.8, 4) is 11.5 Å². The molecule has 0 unspecified atom stereocenters. The van der Waals surface area contributed by atoms with E-state index >= 15 is 0 Å². The minimum absolute atomic E-state index is 0.0736. The molecule has 0 spiro atoms. The maximum atomic E-state index is 12.1. The van der Waals surface area contributed by atoms with Gasteiger partial charge < -0.3 is 9.47 Å². The molecule has 33 heavy (non-hydrogen) atoms. The number of nitrogens with one attached hydrogen (secondary N) is 3. The van der Waals surface area contributed by atoms with E-state index in [0.29, 0.717) is 11.5 Å². The number of aryl methyl sites for hydroxylation is 1. The molecule has 0 heterocycles. The van der Waals surface area contributed by atoms with Crippen molar-refractivity contribution >= 4 is 87.7 Å². The van der Waals surface area contributed by atoms with E-state index in [1.54, 1.807) is 6.07 Å². The first-order valence-corrected chi connectivity index (χ1v) is 12.3. The van der Waals surface area contributed by atoms with Crippen LogP contribution < -0.4 is 25.6 Å². The van der Waals surface area contributed by atoms with E-state index in [1.807, 2.05) is 49.4 Å². The van der Waals surface area contributed by atoms with Crippen LogP contribution in [0.2, 0.25) is 0 Å². The Hall–Kier alpha value is -2.21. The van der Waals surface area contributed by atoms with Gasteiger partial charge in [-0.1, -0.05) is 46.3 Å². The fourth-order valence-electron chi connectivity index (χ4n) is 2.83. The second-order valence-corrected chi connectivity index (χ2v) is 9.73. The predicted molar refractivity (Wildman–Crippen MR) is 141 cm³/mol. The standard InChI is InChI=1S/C22H18Br3N3O4S/c1-12-8-14(23)9-16(24)21(12)32-11-19(30)27-28-22(33)26-18(29)10-31-17-7-6-13-4-2-3-5-15(13)20(17)25/h2-9H,10-11H2,1H3,(H,27,30)(H2,26,28,29,33). The molecule has 0 saturated carbocycles. The van der Waals surface area contributed by atoms with Gasteiger partial charge in [-0.25, -0.2) is 0 Å². The van der Waals surface area contributed by atoms with Crippen LogP contribution in [0.25, 0.3) is 10.8 Å². The SMILES string of the molecule is Cc1cc(Br)cc(Br)c1OCC(=O)NNC(=S)NC(=O)COc1ccc2ccccc2c1Br. The van der Waals surface area contributed by atoms with Gasteiger partial charge in [0.15, 0.2) is 18.3 Å². The first-order chi connectivity index (χ1) is 15.7. The monoisotopic (exact) mass is 657 g/mol. The molecular formula is C22H18Br3N3O4S. The third kappa shape index (κ3) is 7.13. The molecule has 0 aliphatic heterocycles. The molecule has 0 aliphatic carbocycles. The highest BCUT2D eigenvalue weighted by Crippen LogP contribution is 2.33. The molecule has 0 radical (unpaired) electrons. The van der Waals surface area contributed by atoms with Crippen molar-refractivity contribution in [2.45, 2.75) is 6.92 Å². The molecule has 0 bridgehead atoms. The van der Waals surface area contributed by atoms with Gasteiger partial charge in [0.1, 0.15) is 11.5 Å². The van der Waals surface area contributed by atoms with Gasteiger partial charge in [-0.3, -0.25) is 25.8 Å². The van der Waals surface area contributed by atoms with Crippen molar-refractivity contribution in [2.24, 2.45) is 0 Å². The van der Waals surface area contributed by atoms with Gasteiger partial charge in [0.25, 0.3) is 11.8 Å². The average Bonchev–Trinajstić information content (AvgIpc) is 2.76. The van der Waals surface area contributed by atoms with Gasteiger partial charge in [0.2, 0.25) is 0 Å². The molecule has 3 N–H and O–H groups in total. The highest BCUT2D eigenvalue weighted by atomic mass is 79.9. The second-order valence-electron chi connectivity index (χ2n) is 6.76. The van der Waals surface area contributed by atoms with Crippen LogP contribution in [-0.4, -0.2) is 30.1 Å². The first kappa shape index (κ1) is 25.4.